The van der Waals surface area contributed by atoms with E-state index in [-0.39, 0.29) is 16.4 Å². The maximum absolute atomic E-state index is 12.8. The third-order valence-corrected chi connectivity index (χ3v) is 5.33. The molecule has 9 heteroatoms. The van der Waals surface area contributed by atoms with Crippen LogP contribution >= 0.6 is 0 Å². The normalized spacial score (nSPS) is 11.6. The fourth-order valence-corrected chi connectivity index (χ4v) is 3.01. The second-order valence-corrected chi connectivity index (χ2v) is 8.01. The molecule has 0 bridgehead atoms. The van der Waals surface area contributed by atoms with Crippen molar-refractivity contribution in [2.45, 2.75) is 4.90 Å². The minimum absolute atomic E-state index is 0.0227. The fourth-order valence-electron chi connectivity index (χ4n) is 2.07. The molecule has 1 amide bonds. The molecule has 2 aromatic rings. The Bertz CT molecular complexity index is 986. The first-order valence-corrected chi connectivity index (χ1v) is 9.55. The standard InChI is InChI=1S/C19H19FN2O5S/c1-22(2)28(25,26)17-5-3-4-16(12-17)21-18(23)13-27-19(24)11-8-14-6-9-15(20)10-7-14/h3-12H,13H2,1-2H3,(H,21,23)/b11-8+. The van der Waals surface area contributed by atoms with Crippen LogP contribution in [0.5, 0.6) is 0 Å². The summed E-state index contributed by atoms with van der Waals surface area (Å²) in [6, 6.07) is 11.2. The van der Waals surface area contributed by atoms with Gasteiger partial charge in [0, 0.05) is 25.9 Å². The molecule has 0 spiro atoms. The maximum Gasteiger partial charge on any atom is 0.331 e. The monoisotopic (exact) mass is 406 g/mol. The summed E-state index contributed by atoms with van der Waals surface area (Å²) in [6.45, 7) is -0.544. The van der Waals surface area contributed by atoms with Crippen molar-refractivity contribution in [3.8, 4) is 0 Å². The van der Waals surface area contributed by atoms with Crippen LogP contribution in [-0.2, 0) is 24.3 Å². The highest BCUT2D eigenvalue weighted by atomic mass is 32.2. The van der Waals surface area contributed by atoms with Crippen molar-refractivity contribution in [3.63, 3.8) is 0 Å². The molecule has 2 aromatic carbocycles. The first-order valence-electron chi connectivity index (χ1n) is 8.11. The number of amides is 1. The molecular formula is C19H19FN2O5S. The Morgan fingerprint density at radius 2 is 1.82 bits per heavy atom. The summed E-state index contributed by atoms with van der Waals surface area (Å²) in [7, 11) is -0.829. The molecule has 0 aromatic heterocycles. The van der Waals surface area contributed by atoms with Gasteiger partial charge >= 0.3 is 5.97 Å². The van der Waals surface area contributed by atoms with E-state index < -0.39 is 28.5 Å². The Morgan fingerprint density at radius 3 is 2.46 bits per heavy atom. The summed E-state index contributed by atoms with van der Waals surface area (Å²) < 4.78 is 42.9. The summed E-state index contributed by atoms with van der Waals surface area (Å²) in [4.78, 5) is 23.6. The van der Waals surface area contributed by atoms with E-state index in [1.807, 2.05) is 0 Å². The van der Waals surface area contributed by atoms with Crippen molar-refractivity contribution in [3.05, 3.63) is 66.0 Å². The van der Waals surface area contributed by atoms with Gasteiger partial charge in [-0.05, 0) is 42.0 Å². The third kappa shape index (κ3) is 6.00. The van der Waals surface area contributed by atoms with Gasteiger partial charge in [0.2, 0.25) is 10.0 Å². The van der Waals surface area contributed by atoms with Crippen molar-refractivity contribution < 1.29 is 27.1 Å². The van der Waals surface area contributed by atoms with Crippen LogP contribution < -0.4 is 5.32 Å². The number of rotatable bonds is 7. The van der Waals surface area contributed by atoms with Gasteiger partial charge in [0.15, 0.2) is 6.61 Å². The number of hydrogen-bond acceptors (Lipinski definition) is 5. The molecule has 1 N–H and O–H groups in total. The van der Waals surface area contributed by atoms with Crippen LogP contribution in [0.15, 0.2) is 59.5 Å². The van der Waals surface area contributed by atoms with Crippen LogP contribution in [0.2, 0.25) is 0 Å². The Morgan fingerprint density at radius 1 is 1.14 bits per heavy atom. The second kappa shape index (κ2) is 9.25. The molecule has 0 radical (unpaired) electrons. The lowest BCUT2D eigenvalue weighted by molar-refractivity contribution is -0.142. The average Bonchev–Trinajstić information content (AvgIpc) is 2.66. The highest BCUT2D eigenvalue weighted by Gasteiger charge is 2.17. The molecule has 0 fully saturated rings. The maximum atomic E-state index is 12.8. The van der Waals surface area contributed by atoms with Crippen molar-refractivity contribution in [1.29, 1.82) is 0 Å². The Hall–Kier alpha value is -3.04. The second-order valence-electron chi connectivity index (χ2n) is 5.86. The summed E-state index contributed by atoms with van der Waals surface area (Å²) >= 11 is 0. The quantitative estimate of drug-likeness (QED) is 0.563. The Balaban J connectivity index is 1.90. The topological polar surface area (TPSA) is 92.8 Å². The van der Waals surface area contributed by atoms with Crippen LogP contribution in [0, 0.1) is 5.82 Å². The van der Waals surface area contributed by atoms with Gasteiger partial charge in [0.1, 0.15) is 5.82 Å². The largest absolute Gasteiger partial charge is 0.452 e. The van der Waals surface area contributed by atoms with E-state index in [1.165, 1.54) is 68.7 Å². The molecular weight excluding hydrogens is 387 g/mol. The molecule has 0 heterocycles. The van der Waals surface area contributed by atoms with Gasteiger partial charge in [0.05, 0.1) is 4.90 Å². The van der Waals surface area contributed by atoms with E-state index in [0.29, 0.717) is 5.56 Å². The molecule has 0 aliphatic carbocycles. The van der Waals surface area contributed by atoms with Crippen molar-refractivity contribution >= 4 is 33.7 Å². The number of anilines is 1. The van der Waals surface area contributed by atoms with Crippen molar-refractivity contribution in [2.75, 3.05) is 26.0 Å². The van der Waals surface area contributed by atoms with E-state index in [4.69, 9.17) is 4.74 Å². The van der Waals surface area contributed by atoms with Gasteiger partial charge in [-0.15, -0.1) is 0 Å². The lowest BCUT2D eigenvalue weighted by Gasteiger charge is -2.12. The first kappa shape index (κ1) is 21.3. The number of ether oxygens (including phenoxy) is 1. The van der Waals surface area contributed by atoms with E-state index in [1.54, 1.807) is 0 Å². The number of esters is 1. The highest BCUT2D eigenvalue weighted by Crippen LogP contribution is 2.17. The predicted octanol–water partition coefficient (Wildman–Crippen LogP) is 2.27. The molecule has 148 valence electrons. The fraction of sp³-hybridized carbons (Fsp3) is 0.158. The minimum Gasteiger partial charge on any atom is -0.452 e. The molecule has 0 atom stereocenters. The smallest absolute Gasteiger partial charge is 0.331 e. The zero-order chi connectivity index (χ0) is 20.7. The molecule has 0 saturated carbocycles. The Labute approximate surface area is 162 Å². The van der Waals surface area contributed by atoms with Gasteiger partial charge < -0.3 is 10.1 Å². The van der Waals surface area contributed by atoms with Crippen LogP contribution in [0.25, 0.3) is 6.08 Å². The van der Waals surface area contributed by atoms with E-state index in [9.17, 15) is 22.4 Å². The van der Waals surface area contributed by atoms with Crippen LogP contribution in [-0.4, -0.2) is 45.3 Å². The number of nitrogens with one attached hydrogen (secondary N) is 1. The average molecular weight is 406 g/mol. The number of hydrogen-bond donors (Lipinski definition) is 1. The minimum atomic E-state index is -3.63. The number of carbonyl (C=O) groups excluding carboxylic acids is 2. The number of benzene rings is 2. The number of carbonyl (C=O) groups is 2. The summed E-state index contributed by atoms with van der Waals surface area (Å²) in [5.41, 5.74) is 0.854. The molecule has 7 nitrogen and oxygen atoms in total. The number of nitrogens with zero attached hydrogens (tertiary/aromatic N) is 1. The van der Waals surface area contributed by atoms with Gasteiger partial charge in [-0.2, -0.15) is 0 Å². The van der Waals surface area contributed by atoms with Crippen LogP contribution in [0.1, 0.15) is 5.56 Å². The van der Waals surface area contributed by atoms with E-state index >= 15 is 0 Å². The predicted molar refractivity (Wildman–Crippen MR) is 102 cm³/mol. The zero-order valence-electron chi connectivity index (χ0n) is 15.3. The molecule has 0 aliphatic heterocycles. The lowest BCUT2D eigenvalue weighted by atomic mass is 10.2. The number of sulfonamides is 1. The molecule has 0 aliphatic rings. The van der Waals surface area contributed by atoms with Crippen LogP contribution in [0.3, 0.4) is 0 Å². The van der Waals surface area contributed by atoms with Crippen molar-refractivity contribution in [2.24, 2.45) is 0 Å². The number of halogens is 1. The Kier molecular flexibility index (Phi) is 7.02. The van der Waals surface area contributed by atoms with Gasteiger partial charge in [-0.25, -0.2) is 21.9 Å². The van der Waals surface area contributed by atoms with E-state index in [2.05, 4.69) is 5.32 Å². The molecule has 28 heavy (non-hydrogen) atoms. The van der Waals surface area contributed by atoms with Crippen LogP contribution in [0.4, 0.5) is 10.1 Å². The van der Waals surface area contributed by atoms with Crippen molar-refractivity contribution in [1.82, 2.24) is 4.31 Å². The summed E-state index contributed by atoms with van der Waals surface area (Å²) in [5, 5.41) is 2.46. The highest BCUT2D eigenvalue weighted by molar-refractivity contribution is 7.89. The van der Waals surface area contributed by atoms with Gasteiger partial charge in [-0.3, -0.25) is 4.79 Å². The third-order valence-electron chi connectivity index (χ3n) is 3.52. The van der Waals surface area contributed by atoms with Gasteiger partial charge in [-0.1, -0.05) is 18.2 Å². The summed E-state index contributed by atoms with van der Waals surface area (Å²) in [5.74, 6) is -1.76. The first-order chi connectivity index (χ1) is 13.2. The SMILES string of the molecule is CN(C)S(=O)(=O)c1cccc(NC(=O)COC(=O)/C=C/c2ccc(F)cc2)c1. The zero-order valence-corrected chi connectivity index (χ0v) is 16.1. The summed E-state index contributed by atoms with van der Waals surface area (Å²) in [6.07, 6.45) is 2.54. The lowest BCUT2D eigenvalue weighted by Crippen LogP contribution is -2.23. The molecule has 0 unspecified atom stereocenters. The molecule has 0 saturated heterocycles. The molecule has 2 rings (SSSR count). The van der Waals surface area contributed by atoms with E-state index in [0.717, 1.165) is 10.4 Å². The van der Waals surface area contributed by atoms with Gasteiger partial charge in [0.25, 0.3) is 5.91 Å².